The average molecular weight is 293 g/mol. The summed E-state index contributed by atoms with van der Waals surface area (Å²) < 4.78 is 0. The number of carbonyl (C=O) groups is 1. The van der Waals surface area contributed by atoms with Crippen molar-refractivity contribution in [2.45, 2.75) is 38.2 Å². The molecule has 7 nitrogen and oxygen atoms in total. The SMILES string of the molecule is O=C(Cc1cc(=O)[nH]c(=O)[nH]1)NCC1CC(O)C12CCC2. The van der Waals surface area contributed by atoms with Crippen LogP contribution in [0.2, 0.25) is 0 Å². The summed E-state index contributed by atoms with van der Waals surface area (Å²) in [7, 11) is 0. The first-order valence-electron chi connectivity index (χ1n) is 7.27. The molecule has 2 unspecified atom stereocenters. The number of nitrogens with one attached hydrogen (secondary N) is 3. The Morgan fingerprint density at radius 2 is 2.14 bits per heavy atom. The van der Waals surface area contributed by atoms with Gasteiger partial charge in [-0.2, -0.15) is 0 Å². The van der Waals surface area contributed by atoms with E-state index in [-0.39, 0.29) is 23.8 Å². The molecule has 2 saturated carbocycles. The molecule has 21 heavy (non-hydrogen) atoms. The first-order chi connectivity index (χ1) is 9.99. The highest BCUT2D eigenvalue weighted by Gasteiger charge is 2.57. The number of rotatable bonds is 4. The average Bonchev–Trinajstić information content (AvgIpc) is 2.30. The minimum atomic E-state index is -0.610. The zero-order valence-electron chi connectivity index (χ0n) is 11.6. The van der Waals surface area contributed by atoms with Crippen molar-refractivity contribution in [2.75, 3.05) is 6.54 Å². The first kappa shape index (κ1) is 14.1. The van der Waals surface area contributed by atoms with Crippen molar-refractivity contribution >= 4 is 5.91 Å². The molecule has 1 aromatic rings. The van der Waals surface area contributed by atoms with Crippen molar-refractivity contribution < 1.29 is 9.90 Å². The zero-order valence-corrected chi connectivity index (χ0v) is 11.6. The van der Waals surface area contributed by atoms with E-state index in [1.165, 1.54) is 6.07 Å². The Bertz CT molecular complexity index is 630. The Balaban J connectivity index is 1.53. The molecule has 0 bridgehead atoms. The third-order valence-electron chi connectivity index (χ3n) is 4.98. The van der Waals surface area contributed by atoms with Crippen LogP contribution in [-0.2, 0) is 11.2 Å². The molecule has 3 rings (SSSR count). The van der Waals surface area contributed by atoms with Crippen LogP contribution in [-0.4, -0.2) is 33.6 Å². The summed E-state index contributed by atoms with van der Waals surface area (Å²) in [4.78, 5) is 38.6. The van der Waals surface area contributed by atoms with Crippen LogP contribution >= 0.6 is 0 Å². The summed E-state index contributed by atoms with van der Waals surface area (Å²) >= 11 is 0. The fourth-order valence-corrected chi connectivity index (χ4v) is 3.55. The van der Waals surface area contributed by atoms with Gasteiger partial charge >= 0.3 is 5.69 Å². The number of aliphatic hydroxyl groups excluding tert-OH is 1. The molecule has 114 valence electrons. The van der Waals surface area contributed by atoms with Gasteiger partial charge < -0.3 is 15.4 Å². The van der Waals surface area contributed by atoms with Gasteiger partial charge in [0.2, 0.25) is 5.91 Å². The highest BCUT2D eigenvalue weighted by atomic mass is 16.3. The highest BCUT2D eigenvalue weighted by Crippen LogP contribution is 2.59. The van der Waals surface area contributed by atoms with E-state index in [0.29, 0.717) is 18.2 Å². The molecule has 1 spiro atoms. The molecule has 7 heteroatoms. The molecule has 2 aliphatic rings. The minimum Gasteiger partial charge on any atom is -0.393 e. The van der Waals surface area contributed by atoms with E-state index in [4.69, 9.17) is 0 Å². The lowest BCUT2D eigenvalue weighted by atomic mass is 9.48. The number of hydrogen-bond donors (Lipinski definition) is 4. The Kier molecular flexibility index (Phi) is 3.44. The van der Waals surface area contributed by atoms with Crippen molar-refractivity contribution in [2.24, 2.45) is 11.3 Å². The summed E-state index contributed by atoms with van der Waals surface area (Å²) in [6.07, 6.45) is 3.71. The topological polar surface area (TPSA) is 115 Å². The molecule has 0 saturated heterocycles. The number of carbonyl (C=O) groups excluding carboxylic acids is 1. The van der Waals surface area contributed by atoms with Gasteiger partial charge in [-0.25, -0.2) is 4.79 Å². The minimum absolute atomic E-state index is 0.0264. The molecule has 2 fully saturated rings. The maximum Gasteiger partial charge on any atom is 0.325 e. The lowest BCUT2D eigenvalue weighted by molar-refractivity contribution is -0.169. The van der Waals surface area contributed by atoms with Crippen LogP contribution in [0, 0.1) is 11.3 Å². The van der Waals surface area contributed by atoms with E-state index in [1.807, 2.05) is 0 Å². The monoisotopic (exact) mass is 293 g/mol. The van der Waals surface area contributed by atoms with Crippen molar-refractivity contribution in [1.29, 1.82) is 0 Å². The lowest BCUT2D eigenvalue weighted by Gasteiger charge is -2.59. The van der Waals surface area contributed by atoms with Gasteiger partial charge in [-0.05, 0) is 25.2 Å². The Hall–Kier alpha value is -1.89. The molecule has 1 amide bonds. The van der Waals surface area contributed by atoms with Gasteiger partial charge in [0.15, 0.2) is 0 Å². The summed E-state index contributed by atoms with van der Waals surface area (Å²) in [5.41, 5.74) is -0.794. The largest absolute Gasteiger partial charge is 0.393 e. The molecule has 0 radical (unpaired) electrons. The van der Waals surface area contributed by atoms with Gasteiger partial charge in [0.05, 0.1) is 12.5 Å². The van der Waals surface area contributed by atoms with Crippen molar-refractivity contribution in [1.82, 2.24) is 15.3 Å². The highest BCUT2D eigenvalue weighted by molar-refractivity contribution is 5.78. The normalized spacial score (nSPS) is 26.0. The van der Waals surface area contributed by atoms with Crippen LogP contribution < -0.4 is 16.6 Å². The van der Waals surface area contributed by atoms with Crippen molar-refractivity contribution in [3.05, 3.63) is 32.6 Å². The summed E-state index contributed by atoms with van der Waals surface area (Å²) in [5.74, 6) is 0.107. The second kappa shape index (κ2) is 5.14. The lowest BCUT2D eigenvalue weighted by Crippen LogP contribution is -2.60. The van der Waals surface area contributed by atoms with E-state index in [9.17, 15) is 19.5 Å². The second-order valence-corrected chi connectivity index (χ2v) is 6.13. The Labute approximate surface area is 120 Å². The third-order valence-corrected chi connectivity index (χ3v) is 4.98. The number of aromatic nitrogens is 2. The number of H-pyrrole nitrogens is 2. The van der Waals surface area contributed by atoms with Gasteiger partial charge in [0.25, 0.3) is 5.56 Å². The Morgan fingerprint density at radius 1 is 1.38 bits per heavy atom. The number of aliphatic hydroxyl groups is 1. The fourth-order valence-electron chi connectivity index (χ4n) is 3.55. The molecular weight excluding hydrogens is 274 g/mol. The smallest absolute Gasteiger partial charge is 0.325 e. The van der Waals surface area contributed by atoms with Crippen LogP contribution in [0.3, 0.4) is 0 Å². The van der Waals surface area contributed by atoms with Gasteiger partial charge in [-0.1, -0.05) is 6.42 Å². The van der Waals surface area contributed by atoms with Gasteiger partial charge in [0.1, 0.15) is 0 Å². The molecule has 0 aliphatic heterocycles. The molecular formula is C14H19N3O4. The zero-order chi connectivity index (χ0) is 15.0. The number of hydrogen-bond acceptors (Lipinski definition) is 4. The quantitative estimate of drug-likeness (QED) is 0.586. The molecule has 0 aromatic carbocycles. The summed E-state index contributed by atoms with van der Waals surface area (Å²) in [5, 5.41) is 12.7. The van der Waals surface area contributed by atoms with Crippen LogP contribution in [0.5, 0.6) is 0 Å². The summed E-state index contributed by atoms with van der Waals surface area (Å²) in [6, 6.07) is 1.21. The maximum absolute atomic E-state index is 11.9. The Morgan fingerprint density at radius 3 is 2.71 bits per heavy atom. The predicted octanol–water partition coefficient (Wildman–Crippen LogP) is -0.727. The van der Waals surface area contributed by atoms with Gasteiger partial charge in [-0.3, -0.25) is 14.6 Å². The fraction of sp³-hybridized carbons (Fsp3) is 0.643. The van der Waals surface area contributed by atoms with E-state index >= 15 is 0 Å². The van der Waals surface area contributed by atoms with Crippen LogP contribution in [0.15, 0.2) is 15.7 Å². The molecule has 1 heterocycles. The van der Waals surface area contributed by atoms with Crippen LogP contribution in [0.1, 0.15) is 31.4 Å². The van der Waals surface area contributed by atoms with Crippen molar-refractivity contribution in [3.8, 4) is 0 Å². The van der Waals surface area contributed by atoms with Crippen LogP contribution in [0.25, 0.3) is 0 Å². The van der Waals surface area contributed by atoms with Gasteiger partial charge in [0, 0.05) is 23.7 Å². The van der Waals surface area contributed by atoms with E-state index < -0.39 is 11.2 Å². The summed E-state index contributed by atoms with van der Waals surface area (Å²) in [6.45, 7) is 0.545. The third kappa shape index (κ3) is 2.53. The van der Waals surface area contributed by atoms with Crippen LogP contribution in [0.4, 0.5) is 0 Å². The van der Waals surface area contributed by atoms with Gasteiger partial charge in [-0.15, -0.1) is 0 Å². The van der Waals surface area contributed by atoms with E-state index in [0.717, 1.165) is 25.7 Å². The molecule has 4 N–H and O–H groups in total. The number of aromatic amines is 2. The maximum atomic E-state index is 11.9. The predicted molar refractivity (Wildman–Crippen MR) is 74.8 cm³/mol. The van der Waals surface area contributed by atoms with Crippen molar-refractivity contribution in [3.63, 3.8) is 0 Å². The molecule has 1 aromatic heterocycles. The first-order valence-corrected chi connectivity index (χ1v) is 7.27. The standard InChI is InChI=1S/C14H19N3O4/c18-10-4-8(14(10)2-1-3-14)7-15-11(19)5-9-6-12(20)17-13(21)16-9/h6,8,10,18H,1-5,7H2,(H,15,19)(H2,16,17,20,21). The number of amides is 1. The molecule has 2 atom stereocenters. The van der Waals surface area contributed by atoms with E-state index in [1.54, 1.807) is 0 Å². The molecule has 2 aliphatic carbocycles. The second-order valence-electron chi connectivity index (χ2n) is 6.13. The van der Waals surface area contributed by atoms with E-state index in [2.05, 4.69) is 15.3 Å².